The zero-order chi connectivity index (χ0) is 13.0. The molecule has 18 heavy (non-hydrogen) atoms. The van der Waals surface area contributed by atoms with Crippen molar-refractivity contribution in [3.63, 3.8) is 0 Å². The van der Waals surface area contributed by atoms with Gasteiger partial charge >= 0.3 is 0 Å². The van der Waals surface area contributed by atoms with Gasteiger partial charge in [-0.05, 0) is 43.9 Å². The van der Waals surface area contributed by atoms with Crippen LogP contribution in [-0.2, 0) is 4.74 Å². The average molecular weight is 332 g/mol. The molecule has 1 aliphatic rings. The highest BCUT2D eigenvalue weighted by molar-refractivity contribution is 9.10. The molecule has 1 aliphatic heterocycles. The van der Waals surface area contributed by atoms with E-state index in [1.54, 1.807) is 12.1 Å². The first-order chi connectivity index (χ1) is 8.66. The van der Waals surface area contributed by atoms with E-state index in [0.29, 0.717) is 23.1 Å². The van der Waals surface area contributed by atoms with Crippen molar-refractivity contribution in [2.24, 2.45) is 0 Å². The molecule has 0 spiro atoms. The summed E-state index contributed by atoms with van der Waals surface area (Å²) in [5.41, 5.74) is 0.610. The fourth-order valence-corrected chi connectivity index (χ4v) is 2.79. The smallest absolute Gasteiger partial charge is 0.164 e. The predicted octanol–water partition coefficient (Wildman–Crippen LogP) is 4.63. The second-order valence-corrected chi connectivity index (χ2v) is 5.90. The maximum absolute atomic E-state index is 12.0. The van der Waals surface area contributed by atoms with Crippen LogP contribution in [-0.4, -0.2) is 18.5 Å². The molecule has 1 aromatic rings. The van der Waals surface area contributed by atoms with Crippen molar-refractivity contribution in [1.82, 2.24) is 0 Å². The Morgan fingerprint density at radius 3 is 3.06 bits per heavy atom. The Morgan fingerprint density at radius 1 is 1.50 bits per heavy atom. The molecule has 1 atom stereocenters. The van der Waals surface area contributed by atoms with Gasteiger partial charge in [0.15, 0.2) is 5.78 Å². The minimum atomic E-state index is 0.110. The fraction of sp³-hybridized carbons (Fsp3) is 0.500. The molecule has 4 heteroatoms. The quantitative estimate of drug-likeness (QED) is 0.735. The number of benzene rings is 1. The highest BCUT2D eigenvalue weighted by Gasteiger charge is 2.16. The predicted molar refractivity (Wildman–Crippen MR) is 76.3 cm³/mol. The van der Waals surface area contributed by atoms with Crippen LogP contribution in [0.2, 0.25) is 5.02 Å². The lowest BCUT2D eigenvalue weighted by Crippen LogP contribution is -2.07. The summed E-state index contributed by atoms with van der Waals surface area (Å²) in [5.74, 6) is 0.110. The summed E-state index contributed by atoms with van der Waals surface area (Å²) < 4.78 is 6.42. The lowest BCUT2D eigenvalue weighted by Gasteiger charge is -2.08. The molecule has 0 N–H and O–H groups in total. The largest absolute Gasteiger partial charge is 0.378 e. The van der Waals surface area contributed by atoms with Gasteiger partial charge in [0.05, 0.1) is 11.1 Å². The summed E-state index contributed by atoms with van der Waals surface area (Å²) in [7, 11) is 0. The van der Waals surface area contributed by atoms with Gasteiger partial charge in [-0.1, -0.05) is 27.5 Å². The molecule has 0 aliphatic carbocycles. The zero-order valence-corrected chi connectivity index (χ0v) is 12.5. The zero-order valence-electron chi connectivity index (χ0n) is 10.1. The number of Topliss-reactive ketones (excluding diaryl/α,β-unsaturated/α-hetero) is 1. The number of hydrogen-bond acceptors (Lipinski definition) is 2. The number of ketones is 1. The molecule has 0 saturated carbocycles. The summed E-state index contributed by atoms with van der Waals surface area (Å²) in [6, 6.07) is 5.38. The third-order valence-corrected chi connectivity index (χ3v) is 4.01. The second-order valence-electron chi connectivity index (χ2n) is 4.57. The van der Waals surface area contributed by atoms with Crippen molar-refractivity contribution in [2.45, 2.75) is 38.2 Å². The van der Waals surface area contributed by atoms with Gasteiger partial charge in [-0.3, -0.25) is 4.79 Å². The summed E-state index contributed by atoms with van der Waals surface area (Å²) in [6.45, 7) is 0.871. The van der Waals surface area contributed by atoms with Gasteiger partial charge in [0.1, 0.15) is 0 Å². The maximum Gasteiger partial charge on any atom is 0.164 e. The van der Waals surface area contributed by atoms with Crippen molar-refractivity contribution in [1.29, 1.82) is 0 Å². The minimum Gasteiger partial charge on any atom is -0.378 e. The Kier molecular flexibility index (Phi) is 5.22. The molecule has 0 amide bonds. The second kappa shape index (κ2) is 6.69. The van der Waals surface area contributed by atoms with Crippen molar-refractivity contribution in [3.05, 3.63) is 33.3 Å². The van der Waals surface area contributed by atoms with Crippen molar-refractivity contribution < 1.29 is 9.53 Å². The number of ether oxygens (including phenoxy) is 1. The van der Waals surface area contributed by atoms with E-state index >= 15 is 0 Å². The van der Waals surface area contributed by atoms with E-state index in [9.17, 15) is 4.79 Å². The van der Waals surface area contributed by atoms with E-state index in [0.717, 1.165) is 36.8 Å². The van der Waals surface area contributed by atoms with E-state index in [1.807, 2.05) is 6.07 Å². The fourth-order valence-electron chi connectivity index (χ4n) is 2.21. The molecular formula is C14H16BrClO2. The summed E-state index contributed by atoms with van der Waals surface area (Å²) in [4.78, 5) is 12.0. The number of halogens is 2. The summed E-state index contributed by atoms with van der Waals surface area (Å²) >= 11 is 9.39. The third kappa shape index (κ3) is 3.81. The first-order valence-corrected chi connectivity index (χ1v) is 7.44. The van der Waals surface area contributed by atoms with Crippen LogP contribution in [0.15, 0.2) is 22.7 Å². The Balaban J connectivity index is 1.85. The Morgan fingerprint density at radius 2 is 2.33 bits per heavy atom. The minimum absolute atomic E-state index is 0.110. The molecular weight excluding hydrogens is 316 g/mol. The SMILES string of the molecule is O=C(CCCC1CCCO1)c1cc(Br)ccc1Cl. The summed E-state index contributed by atoms with van der Waals surface area (Å²) in [5, 5.41) is 0.528. The van der Waals surface area contributed by atoms with E-state index in [-0.39, 0.29) is 5.78 Å². The molecule has 1 aromatic carbocycles. The highest BCUT2D eigenvalue weighted by Crippen LogP contribution is 2.24. The van der Waals surface area contributed by atoms with Crippen molar-refractivity contribution in [2.75, 3.05) is 6.61 Å². The van der Waals surface area contributed by atoms with Crippen LogP contribution < -0.4 is 0 Å². The molecule has 0 bridgehead atoms. The standard InChI is InChI=1S/C14H16BrClO2/c15-10-6-7-13(16)12(9-10)14(17)5-1-3-11-4-2-8-18-11/h6-7,9,11H,1-5,8H2. The molecule has 1 heterocycles. The number of rotatable bonds is 5. The molecule has 2 nitrogen and oxygen atoms in total. The molecule has 98 valence electrons. The monoisotopic (exact) mass is 330 g/mol. The van der Waals surface area contributed by atoms with E-state index in [4.69, 9.17) is 16.3 Å². The number of hydrogen-bond donors (Lipinski definition) is 0. The Hall–Kier alpha value is -0.380. The van der Waals surface area contributed by atoms with Crippen LogP contribution in [0.3, 0.4) is 0 Å². The van der Waals surface area contributed by atoms with Crippen molar-refractivity contribution in [3.8, 4) is 0 Å². The maximum atomic E-state index is 12.0. The lowest BCUT2D eigenvalue weighted by molar-refractivity contribution is 0.0923. The van der Waals surface area contributed by atoms with Crippen LogP contribution in [0.5, 0.6) is 0 Å². The van der Waals surface area contributed by atoms with Crippen LogP contribution in [0.25, 0.3) is 0 Å². The summed E-state index contributed by atoms with van der Waals surface area (Å²) in [6.07, 6.45) is 5.01. The molecule has 1 saturated heterocycles. The first kappa shape index (κ1) is 14.0. The van der Waals surface area contributed by atoms with Gasteiger partial charge in [0, 0.05) is 23.1 Å². The van der Waals surface area contributed by atoms with E-state index in [2.05, 4.69) is 15.9 Å². The topological polar surface area (TPSA) is 26.3 Å². The van der Waals surface area contributed by atoms with E-state index < -0.39 is 0 Å². The molecule has 0 radical (unpaired) electrons. The van der Waals surface area contributed by atoms with Gasteiger partial charge in [-0.15, -0.1) is 0 Å². The number of carbonyl (C=O) groups is 1. The van der Waals surface area contributed by atoms with Crippen LogP contribution in [0.4, 0.5) is 0 Å². The van der Waals surface area contributed by atoms with Crippen LogP contribution in [0.1, 0.15) is 42.5 Å². The van der Waals surface area contributed by atoms with Crippen molar-refractivity contribution >= 4 is 33.3 Å². The Bertz CT molecular complexity index is 428. The molecule has 2 rings (SSSR count). The highest BCUT2D eigenvalue weighted by atomic mass is 79.9. The average Bonchev–Trinajstić information content (AvgIpc) is 2.85. The van der Waals surface area contributed by atoms with Crippen LogP contribution >= 0.6 is 27.5 Å². The normalized spacial score (nSPS) is 19.1. The Labute approximate surface area is 121 Å². The van der Waals surface area contributed by atoms with Gasteiger partial charge in [0.25, 0.3) is 0 Å². The third-order valence-electron chi connectivity index (χ3n) is 3.18. The van der Waals surface area contributed by atoms with Crippen LogP contribution in [0, 0.1) is 0 Å². The number of carbonyl (C=O) groups excluding carboxylic acids is 1. The lowest BCUT2D eigenvalue weighted by atomic mass is 10.0. The van der Waals surface area contributed by atoms with Gasteiger partial charge in [-0.25, -0.2) is 0 Å². The first-order valence-electron chi connectivity index (χ1n) is 6.26. The van der Waals surface area contributed by atoms with Gasteiger partial charge in [-0.2, -0.15) is 0 Å². The van der Waals surface area contributed by atoms with Gasteiger partial charge in [0.2, 0.25) is 0 Å². The molecule has 1 fully saturated rings. The molecule has 0 aromatic heterocycles. The van der Waals surface area contributed by atoms with E-state index in [1.165, 1.54) is 0 Å². The van der Waals surface area contributed by atoms with Gasteiger partial charge < -0.3 is 4.74 Å². The molecule has 1 unspecified atom stereocenters.